The maximum atomic E-state index is 5.77. The summed E-state index contributed by atoms with van der Waals surface area (Å²) in [6.07, 6.45) is 3.83. The molecule has 0 aromatic heterocycles. The fraction of sp³-hybridized carbons (Fsp3) is 1.00. The number of unbranched alkanes of at least 4 members (excludes halogenated alkanes) is 1. The van der Waals surface area contributed by atoms with Gasteiger partial charge < -0.3 is 10.6 Å². The minimum atomic E-state index is 0.610. The van der Waals surface area contributed by atoms with Crippen LogP contribution in [-0.4, -0.2) is 55.1 Å². The van der Waals surface area contributed by atoms with Crippen LogP contribution in [0.2, 0.25) is 0 Å². The van der Waals surface area contributed by atoms with E-state index in [-0.39, 0.29) is 0 Å². The number of rotatable bonds is 6. The molecule has 1 fully saturated rings. The van der Waals surface area contributed by atoms with E-state index in [1.807, 2.05) is 0 Å². The summed E-state index contributed by atoms with van der Waals surface area (Å²) >= 11 is 0. The lowest BCUT2D eigenvalue weighted by atomic mass is 10.1. The molecular weight excluding hydrogens is 186 g/mol. The molecule has 1 saturated heterocycles. The second kappa shape index (κ2) is 7.20. The molecule has 15 heavy (non-hydrogen) atoms. The van der Waals surface area contributed by atoms with E-state index in [0.29, 0.717) is 6.04 Å². The topological polar surface area (TPSA) is 32.5 Å². The van der Waals surface area contributed by atoms with Gasteiger partial charge in [0.2, 0.25) is 0 Å². The Morgan fingerprint density at radius 3 is 2.27 bits per heavy atom. The Morgan fingerprint density at radius 1 is 1.13 bits per heavy atom. The average molecular weight is 213 g/mol. The van der Waals surface area contributed by atoms with Crippen molar-refractivity contribution in [2.24, 2.45) is 5.73 Å². The van der Waals surface area contributed by atoms with E-state index in [4.69, 9.17) is 5.73 Å². The molecule has 0 bridgehead atoms. The summed E-state index contributed by atoms with van der Waals surface area (Å²) in [4.78, 5) is 5.14. The van der Waals surface area contributed by atoms with E-state index in [1.165, 1.54) is 52.0 Å². The van der Waals surface area contributed by atoms with Crippen LogP contribution in [0, 0.1) is 0 Å². The summed E-state index contributed by atoms with van der Waals surface area (Å²) in [5.41, 5.74) is 5.77. The van der Waals surface area contributed by atoms with E-state index in [1.54, 1.807) is 0 Å². The molecule has 2 N–H and O–H groups in total. The highest BCUT2D eigenvalue weighted by molar-refractivity contribution is 4.78. The van der Waals surface area contributed by atoms with Crippen molar-refractivity contribution in [3.05, 3.63) is 0 Å². The summed E-state index contributed by atoms with van der Waals surface area (Å²) in [7, 11) is 0. The van der Waals surface area contributed by atoms with Gasteiger partial charge in [-0.2, -0.15) is 0 Å². The molecule has 0 saturated carbocycles. The molecule has 1 aliphatic rings. The Morgan fingerprint density at radius 2 is 1.80 bits per heavy atom. The monoisotopic (exact) mass is 213 g/mol. The molecule has 0 amide bonds. The lowest BCUT2D eigenvalue weighted by Crippen LogP contribution is -2.52. The van der Waals surface area contributed by atoms with Crippen LogP contribution < -0.4 is 5.73 Å². The van der Waals surface area contributed by atoms with Crippen LogP contribution in [0.3, 0.4) is 0 Å². The molecule has 1 aliphatic heterocycles. The van der Waals surface area contributed by atoms with Crippen molar-refractivity contribution in [1.29, 1.82) is 0 Å². The average Bonchev–Trinajstić information content (AvgIpc) is 2.29. The predicted molar refractivity (Wildman–Crippen MR) is 66.1 cm³/mol. The third kappa shape index (κ3) is 4.09. The van der Waals surface area contributed by atoms with E-state index in [0.717, 1.165) is 6.54 Å². The fourth-order valence-electron chi connectivity index (χ4n) is 2.31. The van der Waals surface area contributed by atoms with Crippen molar-refractivity contribution >= 4 is 0 Å². The van der Waals surface area contributed by atoms with E-state index in [9.17, 15) is 0 Å². The molecule has 1 rings (SSSR count). The number of hydrogen-bond acceptors (Lipinski definition) is 3. The summed E-state index contributed by atoms with van der Waals surface area (Å²) in [5, 5.41) is 0. The minimum Gasteiger partial charge on any atom is -0.329 e. The first-order valence-electron chi connectivity index (χ1n) is 6.48. The molecule has 0 radical (unpaired) electrons. The summed E-state index contributed by atoms with van der Waals surface area (Å²) < 4.78 is 0. The lowest BCUT2D eigenvalue weighted by Gasteiger charge is -2.38. The summed E-state index contributed by atoms with van der Waals surface area (Å²) in [6, 6.07) is 0.610. The van der Waals surface area contributed by atoms with Gasteiger partial charge in [0.1, 0.15) is 0 Å². The van der Waals surface area contributed by atoms with Crippen molar-refractivity contribution in [2.45, 2.75) is 39.2 Å². The predicted octanol–water partition coefficient (Wildman–Crippen LogP) is 1.14. The van der Waals surface area contributed by atoms with E-state index in [2.05, 4.69) is 23.6 Å². The molecule has 3 nitrogen and oxygen atoms in total. The molecular formula is C12H27N3. The second-order valence-corrected chi connectivity index (χ2v) is 4.53. The largest absolute Gasteiger partial charge is 0.329 e. The molecule has 1 heterocycles. The quantitative estimate of drug-likeness (QED) is 0.718. The van der Waals surface area contributed by atoms with Gasteiger partial charge in [-0.3, -0.25) is 4.90 Å². The maximum absolute atomic E-state index is 5.77. The molecule has 0 aliphatic carbocycles. The van der Waals surface area contributed by atoms with Crippen LogP contribution in [0.4, 0.5) is 0 Å². The van der Waals surface area contributed by atoms with Crippen LogP contribution in [0.15, 0.2) is 0 Å². The zero-order valence-electron chi connectivity index (χ0n) is 10.4. The van der Waals surface area contributed by atoms with Gasteiger partial charge >= 0.3 is 0 Å². The van der Waals surface area contributed by atoms with Crippen molar-refractivity contribution in [1.82, 2.24) is 9.80 Å². The minimum absolute atomic E-state index is 0.610. The first kappa shape index (κ1) is 12.9. The third-order valence-corrected chi connectivity index (χ3v) is 3.49. The van der Waals surface area contributed by atoms with Crippen LogP contribution in [-0.2, 0) is 0 Å². The Bertz CT molecular complexity index is 149. The van der Waals surface area contributed by atoms with Gasteiger partial charge in [0.05, 0.1) is 0 Å². The number of nitrogens with two attached hydrogens (primary N) is 1. The molecule has 1 unspecified atom stereocenters. The first-order valence-corrected chi connectivity index (χ1v) is 6.48. The Kier molecular flexibility index (Phi) is 6.22. The Hall–Kier alpha value is -0.120. The van der Waals surface area contributed by atoms with Gasteiger partial charge in [0.15, 0.2) is 0 Å². The van der Waals surface area contributed by atoms with Crippen molar-refractivity contribution in [3.8, 4) is 0 Å². The Labute approximate surface area is 94.6 Å². The van der Waals surface area contributed by atoms with Gasteiger partial charge in [-0.25, -0.2) is 0 Å². The first-order chi connectivity index (χ1) is 7.31. The zero-order chi connectivity index (χ0) is 11.1. The van der Waals surface area contributed by atoms with Gasteiger partial charge in [-0.1, -0.05) is 20.3 Å². The molecule has 0 aromatic rings. The zero-order valence-corrected chi connectivity index (χ0v) is 10.4. The van der Waals surface area contributed by atoms with Gasteiger partial charge in [0, 0.05) is 38.8 Å². The van der Waals surface area contributed by atoms with Crippen LogP contribution >= 0.6 is 0 Å². The van der Waals surface area contributed by atoms with Crippen molar-refractivity contribution in [3.63, 3.8) is 0 Å². The van der Waals surface area contributed by atoms with Crippen molar-refractivity contribution in [2.75, 3.05) is 39.3 Å². The second-order valence-electron chi connectivity index (χ2n) is 4.53. The standard InChI is InChI=1S/C12H27N3/c1-3-5-6-14-7-9-15(10-8-14)12(4-2)11-13/h12H,3-11,13H2,1-2H3. The highest BCUT2D eigenvalue weighted by Crippen LogP contribution is 2.08. The summed E-state index contributed by atoms with van der Waals surface area (Å²) in [5.74, 6) is 0. The number of nitrogens with zero attached hydrogens (tertiary/aromatic N) is 2. The van der Waals surface area contributed by atoms with Gasteiger partial charge in [-0.05, 0) is 19.4 Å². The lowest BCUT2D eigenvalue weighted by molar-refractivity contribution is 0.0960. The number of piperazine rings is 1. The third-order valence-electron chi connectivity index (χ3n) is 3.49. The summed E-state index contributed by atoms with van der Waals surface area (Å²) in [6.45, 7) is 11.5. The van der Waals surface area contributed by atoms with Gasteiger partial charge in [-0.15, -0.1) is 0 Å². The molecule has 0 spiro atoms. The van der Waals surface area contributed by atoms with E-state index >= 15 is 0 Å². The molecule has 1 atom stereocenters. The molecule has 90 valence electrons. The highest BCUT2D eigenvalue weighted by Gasteiger charge is 2.20. The maximum Gasteiger partial charge on any atom is 0.0216 e. The molecule has 0 aromatic carbocycles. The SMILES string of the molecule is CCCCN1CCN(C(CC)CN)CC1. The van der Waals surface area contributed by atoms with Crippen molar-refractivity contribution < 1.29 is 0 Å². The normalized spacial score (nSPS) is 21.8. The number of hydrogen-bond donors (Lipinski definition) is 1. The fourth-order valence-corrected chi connectivity index (χ4v) is 2.31. The highest BCUT2D eigenvalue weighted by atomic mass is 15.3. The Balaban J connectivity index is 2.22. The van der Waals surface area contributed by atoms with Crippen LogP contribution in [0.5, 0.6) is 0 Å². The van der Waals surface area contributed by atoms with Crippen LogP contribution in [0.1, 0.15) is 33.1 Å². The van der Waals surface area contributed by atoms with E-state index < -0.39 is 0 Å². The molecule has 3 heteroatoms. The van der Waals surface area contributed by atoms with Crippen LogP contribution in [0.25, 0.3) is 0 Å². The van der Waals surface area contributed by atoms with Gasteiger partial charge in [0.25, 0.3) is 0 Å². The smallest absolute Gasteiger partial charge is 0.0216 e.